The molecule has 0 aromatic heterocycles. The van der Waals surface area contributed by atoms with Gasteiger partial charge in [0.2, 0.25) is 0 Å². The standard InChI is InChI=1S/C57H96N2.Ni/c1-7-13-15-17-19-21-23-25-26-27-28-29-31-33-35-37-39-41-43-57(59-55-48-52(11-5)45-53(12-6)49-55)56(58-54-46-50(9-3)44-51(10-4)47-54)42-40-38-36-34-32-30-24-22-20-18-16-14-8-2;/h40,42,44-49H,7-39,41,43H2,1-6H3;/b42-40+,58-56+,59-57+;. The number of nitrogens with zero attached hydrogens (tertiary/aromatic N) is 2. The number of hydrogen-bond acceptors (Lipinski definition) is 2. The summed E-state index contributed by atoms with van der Waals surface area (Å²) in [4.78, 5) is 10.9. The number of aliphatic imine (C=N–C) groups is 2. The van der Waals surface area contributed by atoms with Gasteiger partial charge in [-0.3, -0.25) is 4.99 Å². The van der Waals surface area contributed by atoms with E-state index in [4.69, 9.17) is 9.98 Å². The first-order valence-electron chi connectivity index (χ1n) is 26.1. The smallest absolute Gasteiger partial charge is 0.0848 e. The van der Waals surface area contributed by atoms with Crippen LogP contribution >= 0.6 is 0 Å². The first-order chi connectivity index (χ1) is 29.1. The molecule has 0 spiro atoms. The first kappa shape index (κ1) is 56.0. The van der Waals surface area contributed by atoms with E-state index < -0.39 is 0 Å². The second kappa shape index (κ2) is 39.8. The number of hydrogen-bond donors (Lipinski definition) is 0. The molecule has 0 amide bonds. The van der Waals surface area contributed by atoms with Crippen LogP contribution in [0.2, 0.25) is 0 Å². The van der Waals surface area contributed by atoms with E-state index >= 15 is 0 Å². The Morgan fingerprint density at radius 2 is 0.667 bits per heavy atom. The summed E-state index contributed by atoms with van der Waals surface area (Å²) in [6, 6.07) is 14.0. The summed E-state index contributed by atoms with van der Waals surface area (Å²) in [5, 5.41) is 0. The van der Waals surface area contributed by atoms with Crippen molar-refractivity contribution in [1.29, 1.82) is 0 Å². The van der Waals surface area contributed by atoms with Crippen molar-refractivity contribution in [2.45, 2.75) is 266 Å². The van der Waals surface area contributed by atoms with E-state index in [1.807, 2.05) is 0 Å². The van der Waals surface area contributed by atoms with E-state index in [-0.39, 0.29) is 16.5 Å². The molecule has 0 saturated heterocycles. The fourth-order valence-corrected chi connectivity index (χ4v) is 8.48. The van der Waals surface area contributed by atoms with Crippen LogP contribution in [0.25, 0.3) is 0 Å². The number of allylic oxidation sites excluding steroid dienone is 2. The molecule has 2 aromatic rings. The summed E-state index contributed by atoms with van der Waals surface area (Å²) in [5.74, 6) is 0. The van der Waals surface area contributed by atoms with E-state index in [2.05, 4.69) is 90.1 Å². The number of aryl methyl sites for hydroxylation is 4. The van der Waals surface area contributed by atoms with Crippen LogP contribution < -0.4 is 0 Å². The van der Waals surface area contributed by atoms with Crippen LogP contribution in [-0.4, -0.2) is 11.4 Å². The Morgan fingerprint density at radius 3 is 1.00 bits per heavy atom. The average Bonchev–Trinajstić information content (AvgIpc) is 3.26. The third-order valence-electron chi connectivity index (χ3n) is 12.5. The largest absolute Gasteiger partial charge is 0.251 e. The van der Waals surface area contributed by atoms with Crippen LogP contribution in [0.4, 0.5) is 11.4 Å². The predicted molar refractivity (Wildman–Crippen MR) is 268 cm³/mol. The summed E-state index contributed by atoms with van der Waals surface area (Å²) >= 11 is 0. The molecular weight excluding hydrogens is 771 g/mol. The molecule has 0 N–H and O–H groups in total. The second-order valence-corrected chi connectivity index (χ2v) is 18.0. The summed E-state index contributed by atoms with van der Waals surface area (Å²) in [7, 11) is 0. The summed E-state index contributed by atoms with van der Waals surface area (Å²) in [6.45, 7) is 13.7. The van der Waals surface area contributed by atoms with Gasteiger partial charge in [0.05, 0.1) is 22.8 Å². The van der Waals surface area contributed by atoms with Gasteiger partial charge < -0.3 is 0 Å². The Bertz CT molecular complexity index is 1340. The van der Waals surface area contributed by atoms with E-state index in [0.29, 0.717) is 0 Å². The van der Waals surface area contributed by atoms with E-state index in [1.54, 1.807) is 0 Å². The van der Waals surface area contributed by atoms with Crippen LogP contribution in [0.15, 0.2) is 58.5 Å². The summed E-state index contributed by atoms with van der Waals surface area (Å²) < 4.78 is 0. The number of benzene rings is 2. The van der Waals surface area contributed by atoms with Crippen LogP contribution in [0.1, 0.15) is 263 Å². The van der Waals surface area contributed by atoms with Crippen molar-refractivity contribution in [3.8, 4) is 0 Å². The van der Waals surface area contributed by atoms with Crippen LogP contribution in [0, 0.1) is 0 Å². The molecule has 0 heterocycles. The molecular formula is C57H96N2Ni. The molecule has 0 aliphatic heterocycles. The Hall–Kier alpha value is -1.99. The SMILES string of the molecule is CCCCCCCCCCCCC/C=C/C(=N\c1cc(CC)cc(CC)c1)C(/CCCCCCCCCCCCCCCCCCCC)=N/c1cc(CC)cc(CC)c1.[Ni]. The maximum Gasteiger partial charge on any atom is 0.0848 e. The molecule has 3 heteroatoms. The molecule has 0 atom stereocenters. The van der Waals surface area contributed by atoms with Crippen molar-refractivity contribution in [2.75, 3.05) is 0 Å². The molecule has 344 valence electrons. The Kier molecular flexibility index (Phi) is 37.2. The molecule has 2 rings (SSSR count). The average molecular weight is 868 g/mol. The minimum Gasteiger partial charge on any atom is -0.251 e. The van der Waals surface area contributed by atoms with E-state index in [9.17, 15) is 0 Å². The molecule has 60 heavy (non-hydrogen) atoms. The maximum absolute atomic E-state index is 5.49. The quantitative estimate of drug-likeness (QED) is 0.0363. The zero-order valence-corrected chi connectivity index (χ0v) is 41.6. The molecule has 0 radical (unpaired) electrons. The molecule has 0 bridgehead atoms. The number of rotatable bonds is 39. The second-order valence-electron chi connectivity index (χ2n) is 18.0. The molecule has 2 aromatic carbocycles. The van der Waals surface area contributed by atoms with Crippen molar-refractivity contribution < 1.29 is 16.5 Å². The molecule has 0 saturated carbocycles. The van der Waals surface area contributed by atoms with Gasteiger partial charge in [0.25, 0.3) is 0 Å². The third kappa shape index (κ3) is 28.6. The minimum absolute atomic E-state index is 0. The van der Waals surface area contributed by atoms with Crippen LogP contribution in [-0.2, 0) is 42.2 Å². The first-order valence-corrected chi connectivity index (χ1v) is 26.1. The Balaban J connectivity index is 0.0000180. The van der Waals surface area contributed by atoms with Gasteiger partial charge in [-0.2, -0.15) is 0 Å². The maximum atomic E-state index is 5.49. The summed E-state index contributed by atoms with van der Waals surface area (Å²) in [6.07, 6.45) is 51.4. The molecule has 0 fully saturated rings. The monoisotopic (exact) mass is 867 g/mol. The summed E-state index contributed by atoms with van der Waals surface area (Å²) in [5.41, 5.74) is 9.91. The van der Waals surface area contributed by atoms with Crippen LogP contribution in [0.5, 0.6) is 0 Å². The molecule has 0 aliphatic rings. The minimum atomic E-state index is 0. The van der Waals surface area contributed by atoms with Crippen molar-refractivity contribution >= 4 is 22.8 Å². The zero-order chi connectivity index (χ0) is 42.4. The fraction of sp³-hybridized carbons (Fsp3) is 0.719. The van der Waals surface area contributed by atoms with Crippen molar-refractivity contribution in [3.05, 3.63) is 70.8 Å². The number of unbranched alkanes of at least 4 members (excludes halogenated alkanes) is 28. The fourth-order valence-electron chi connectivity index (χ4n) is 8.48. The van der Waals surface area contributed by atoms with Gasteiger partial charge >= 0.3 is 0 Å². The molecule has 0 aliphatic carbocycles. The Morgan fingerprint density at radius 1 is 0.367 bits per heavy atom. The Labute approximate surface area is 384 Å². The van der Waals surface area contributed by atoms with Gasteiger partial charge in [0.1, 0.15) is 0 Å². The normalized spacial score (nSPS) is 12.2. The van der Waals surface area contributed by atoms with Gasteiger partial charge in [0.15, 0.2) is 0 Å². The van der Waals surface area contributed by atoms with Crippen molar-refractivity contribution in [1.82, 2.24) is 0 Å². The van der Waals surface area contributed by atoms with Crippen LogP contribution in [0.3, 0.4) is 0 Å². The third-order valence-corrected chi connectivity index (χ3v) is 12.5. The van der Waals surface area contributed by atoms with Gasteiger partial charge in [-0.15, -0.1) is 0 Å². The zero-order valence-electron chi connectivity index (χ0n) is 40.6. The predicted octanol–water partition coefficient (Wildman–Crippen LogP) is 19.5. The van der Waals surface area contributed by atoms with Gasteiger partial charge in [-0.05, 0) is 104 Å². The van der Waals surface area contributed by atoms with E-state index in [1.165, 1.54) is 208 Å². The van der Waals surface area contributed by atoms with Crippen molar-refractivity contribution in [2.24, 2.45) is 9.98 Å². The van der Waals surface area contributed by atoms with Gasteiger partial charge in [0, 0.05) is 16.5 Å². The van der Waals surface area contributed by atoms with Crippen molar-refractivity contribution in [3.63, 3.8) is 0 Å². The molecule has 0 unspecified atom stereocenters. The molecule has 2 nitrogen and oxygen atoms in total. The van der Waals surface area contributed by atoms with Gasteiger partial charge in [-0.25, -0.2) is 4.99 Å². The van der Waals surface area contributed by atoms with E-state index in [0.717, 1.165) is 61.3 Å². The van der Waals surface area contributed by atoms with Gasteiger partial charge in [-0.1, -0.05) is 233 Å². The topological polar surface area (TPSA) is 24.7 Å².